The summed E-state index contributed by atoms with van der Waals surface area (Å²) in [5.41, 5.74) is 16.9. The summed E-state index contributed by atoms with van der Waals surface area (Å²) in [6.45, 7) is 2.41. The lowest BCUT2D eigenvalue weighted by Crippen LogP contribution is -2.28. The Bertz CT molecular complexity index is 3200. The summed E-state index contributed by atoms with van der Waals surface area (Å²) in [7, 11) is 0. The summed E-state index contributed by atoms with van der Waals surface area (Å²) >= 11 is 1.87. The Morgan fingerprint density at radius 3 is 1.66 bits per heavy atom. The molecule has 2 heteroatoms. The van der Waals surface area contributed by atoms with Gasteiger partial charge in [0.25, 0.3) is 0 Å². The van der Waals surface area contributed by atoms with Crippen LogP contribution in [0.2, 0.25) is 0 Å². The number of hydrogen-bond donors (Lipinski definition) is 0. The van der Waals surface area contributed by atoms with Gasteiger partial charge in [-0.3, -0.25) is 0 Å². The molecule has 2 aliphatic rings. The van der Waals surface area contributed by atoms with E-state index in [1.807, 2.05) is 11.3 Å². The molecular weight excluding hydrogens is 731 g/mol. The first-order valence-corrected chi connectivity index (χ1v) is 21.3. The van der Waals surface area contributed by atoms with E-state index in [0.29, 0.717) is 0 Å². The zero-order chi connectivity index (χ0) is 39.1. The maximum atomic E-state index is 2.53. The van der Waals surface area contributed by atoms with Crippen molar-refractivity contribution in [3.63, 3.8) is 0 Å². The fourth-order valence-electron chi connectivity index (χ4n) is 10.6. The zero-order valence-corrected chi connectivity index (χ0v) is 33.5. The minimum absolute atomic E-state index is 0.315. The monoisotopic (exact) mass is 769 g/mol. The van der Waals surface area contributed by atoms with Crippen molar-refractivity contribution in [2.24, 2.45) is 0 Å². The maximum absolute atomic E-state index is 2.53. The molecule has 1 unspecified atom stereocenters. The van der Waals surface area contributed by atoms with Crippen LogP contribution in [0.4, 0.5) is 17.1 Å². The van der Waals surface area contributed by atoms with Crippen LogP contribution in [0.25, 0.3) is 42.4 Å². The van der Waals surface area contributed by atoms with E-state index < -0.39 is 5.41 Å². The molecule has 0 aliphatic heterocycles. The Morgan fingerprint density at radius 1 is 0.373 bits per heavy atom. The highest BCUT2D eigenvalue weighted by atomic mass is 32.1. The third-order valence-electron chi connectivity index (χ3n) is 13.2. The first-order chi connectivity index (χ1) is 29.2. The van der Waals surface area contributed by atoms with Crippen molar-refractivity contribution >= 4 is 48.6 Å². The predicted molar refractivity (Wildman–Crippen MR) is 249 cm³/mol. The van der Waals surface area contributed by atoms with Crippen LogP contribution in [0.15, 0.2) is 218 Å². The van der Waals surface area contributed by atoms with Crippen molar-refractivity contribution in [1.29, 1.82) is 0 Å². The Hall–Kier alpha value is -7.00. The van der Waals surface area contributed by atoms with Crippen LogP contribution in [0.1, 0.15) is 45.9 Å². The van der Waals surface area contributed by atoms with E-state index in [1.54, 1.807) is 0 Å². The second-order valence-corrected chi connectivity index (χ2v) is 17.2. The lowest BCUT2D eigenvalue weighted by Gasteiger charge is -2.34. The zero-order valence-electron chi connectivity index (χ0n) is 32.6. The van der Waals surface area contributed by atoms with E-state index in [-0.39, 0.29) is 5.41 Å². The highest BCUT2D eigenvalue weighted by Gasteiger charge is 2.47. The summed E-state index contributed by atoms with van der Waals surface area (Å²) in [6.07, 6.45) is 0. The summed E-state index contributed by atoms with van der Waals surface area (Å²) in [5, 5.41) is 2.59. The van der Waals surface area contributed by atoms with Crippen molar-refractivity contribution in [3.05, 3.63) is 257 Å². The van der Waals surface area contributed by atoms with Gasteiger partial charge in [-0.2, -0.15) is 0 Å². The van der Waals surface area contributed by atoms with Crippen LogP contribution in [-0.4, -0.2) is 0 Å². The minimum Gasteiger partial charge on any atom is -0.310 e. The SMILES string of the molecule is CC1(c2ccccc2)c2ccccc2-c2c(N(c3ccc4c(c3)-c3ccccc3C4(c3ccccc3)c3ccccc3)c3ccc4sc5ccccc5c4c3)cccc21. The quantitative estimate of drug-likeness (QED) is 0.163. The molecular formula is C57H39NS. The molecule has 0 bridgehead atoms. The maximum Gasteiger partial charge on any atom is 0.0713 e. The second-order valence-electron chi connectivity index (χ2n) is 16.1. The van der Waals surface area contributed by atoms with Gasteiger partial charge in [-0.05, 0) is 105 Å². The summed E-state index contributed by atoms with van der Waals surface area (Å²) in [4.78, 5) is 2.53. The second kappa shape index (κ2) is 13.0. The molecule has 0 spiro atoms. The van der Waals surface area contributed by atoms with E-state index in [0.717, 1.165) is 11.4 Å². The van der Waals surface area contributed by atoms with Crippen LogP contribution < -0.4 is 4.90 Å². The normalized spacial score (nSPS) is 15.7. The number of thiophene rings is 1. The number of benzene rings is 9. The molecule has 2 aliphatic carbocycles. The van der Waals surface area contributed by atoms with E-state index in [9.17, 15) is 0 Å². The lowest BCUT2D eigenvalue weighted by atomic mass is 9.68. The van der Waals surface area contributed by atoms with Crippen molar-refractivity contribution in [2.45, 2.75) is 17.8 Å². The van der Waals surface area contributed by atoms with Gasteiger partial charge in [0.2, 0.25) is 0 Å². The van der Waals surface area contributed by atoms with E-state index >= 15 is 0 Å². The third kappa shape index (κ3) is 4.78. The molecule has 1 atom stereocenters. The molecule has 9 aromatic carbocycles. The first-order valence-electron chi connectivity index (χ1n) is 20.5. The molecule has 0 saturated carbocycles. The molecule has 12 rings (SSSR count). The molecule has 278 valence electrons. The molecule has 1 heterocycles. The van der Waals surface area contributed by atoms with Crippen molar-refractivity contribution in [2.75, 3.05) is 4.90 Å². The van der Waals surface area contributed by atoms with Crippen LogP contribution in [0.3, 0.4) is 0 Å². The van der Waals surface area contributed by atoms with Gasteiger partial charge in [0.05, 0.1) is 11.1 Å². The Balaban J connectivity index is 1.15. The molecule has 10 aromatic rings. The van der Waals surface area contributed by atoms with E-state index in [1.165, 1.54) is 87.1 Å². The fraction of sp³-hybridized carbons (Fsp3) is 0.0526. The molecule has 0 N–H and O–H groups in total. The predicted octanol–water partition coefficient (Wildman–Crippen LogP) is 15.2. The van der Waals surface area contributed by atoms with Gasteiger partial charge < -0.3 is 4.90 Å². The highest BCUT2D eigenvalue weighted by Crippen LogP contribution is 2.59. The first kappa shape index (κ1) is 34.1. The van der Waals surface area contributed by atoms with Crippen molar-refractivity contribution < 1.29 is 0 Å². The summed E-state index contributed by atoms with van der Waals surface area (Å²) in [5.74, 6) is 0. The van der Waals surface area contributed by atoms with Gasteiger partial charge in [-0.1, -0.05) is 176 Å². The van der Waals surface area contributed by atoms with Gasteiger partial charge in [0.15, 0.2) is 0 Å². The Morgan fingerprint density at radius 2 is 0.915 bits per heavy atom. The third-order valence-corrected chi connectivity index (χ3v) is 14.4. The highest BCUT2D eigenvalue weighted by molar-refractivity contribution is 7.25. The molecule has 0 fully saturated rings. The van der Waals surface area contributed by atoms with Crippen molar-refractivity contribution in [1.82, 2.24) is 0 Å². The smallest absolute Gasteiger partial charge is 0.0713 e. The average molecular weight is 770 g/mol. The fourth-order valence-corrected chi connectivity index (χ4v) is 11.7. The van der Waals surface area contributed by atoms with Crippen LogP contribution >= 0.6 is 11.3 Å². The molecule has 59 heavy (non-hydrogen) atoms. The van der Waals surface area contributed by atoms with Gasteiger partial charge in [0.1, 0.15) is 0 Å². The number of anilines is 3. The largest absolute Gasteiger partial charge is 0.310 e. The summed E-state index contributed by atoms with van der Waals surface area (Å²) in [6, 6.07) is 81.4. The van der Waals surface area contributed by atoms with E-state index in [2.05, 4.69) is 230 Å². The standard InChI is InChI=1S/C57H39NS/c1-56(38-18-5-2-6-19-38)48-27-14-12-26-45(48)55-51(56)29-17-30-52(55)58(42-33-35-54-47(37-42)44-25-13-16-31-53(44)59-54)41-32-34-50-46(36-41)43-24-11-15-28-49(43)57(50,39-20-7-3-8-21-39)40-22-9-4-10-23-40/h2-37H,1H3. The van der Waals surface area contributed by atoms with Gasteiger partial charge in [-0.15, -0.1) is 11.3 Å². The van der Waals surface area contributed by atoms with Gasteiger partial charge >= 0.3 is 0 Å². The number of fused-ring (bicyclic) bond motifs is 9. The molecule has 1 aromatic heterocycles. The molecule has 0 amide bonds. The summed E-state index contributed by atoms with van der Waals surface area (Å²) < 4.78 is 2.61. The number of nitrogens with zero attached hydrogens (tertiary/aromatic N) is 1. The van der Waals surface area contributed by atoms with Crippen molar-refractivity contribution in [3.8, 4) is 22.3 Å². The van der Waals surface area contributed by atoms with Gasteiger partial charge in [0, 0.05) is 42.5 Å². The lowest BCUT2D eigenvalue weighted by molar-refractivity contribution is 0.714. The van der Waals surface area contributed by atoms with Gasteiger partial charge in [-0.25, -0.2) is 0 Å². The Labute approximate surface area is 349 Å². The average Bonchev–Trinajstić information content (AvgIpc) is 3.92. The topological polar surface area (TPSA) is 3.24 Å². The molecule has 1 nitrogen and oxygen atoms in total. The van der Waals surface area contributed by atoms with Crippen LogP contribution in [0, 0.1) is 0 Å². The molecule has 0 radical (unpaired) electrons. The molecule has 0 saturated heterocycles. The number of hydrogen-bond acceptors (Lipinski definition) is 2. The minimum atomic E-state index is -0.462. The number of rotatable bonds is 6. The Kier molecular flexibility index (Phi) is 7.51. The van der Waals surface area contributed by atoms with E-state index in [4.69, 9.17) is 0 Å². The van der Waals surface area contributed by atoms with Crippen LogP contribution in [0.5, 0.6) is 0 Å². The van der Waals surface area contributed by atoms with Crippen LogP contribution in [-0.2, 0) is 10.8 Å².